The number of nitrogens with one attached hydrogen (secondary N) is 1. The number of benzene rings is 1. The van der Waals surface area contributed by atoms with Crippen LogP contribution in [0.15, 0.2) is 30.3 Å². The maximum absolute atomic E-state index is 13.0. The molecule has 0 spiro atoms. The number of hydrogen-bond acceptors (Lipinski definition) is 6. The molecule has 1 unspecified atom stereocenters. The molecular formula is C17H19FN2O4S. The van der Waals surface area contributed by atoms with E-state index < -0.39 is 10.1 Å². The molecule has 3 rings (SSSR count). The number of aryl methyl sites for hydroxylation is 1. The number of halogens is 1. The molecule has 2 aromatic rings. The van der Waals surface area contributed by atoms with Gasteiger partial charge in [0.25, 0.3) is 10.1 Å². The highest BCUT2D eigenvalue weighted by Crippen LogP contribution is 2.30. The van der Waals surface area contributed by atoms with Gasteiger partial charge in [-0.15, -0.1) is 0 Å². The molecule has 8 heteroatoms. The molecule has 0 saturated carbocycles. The van der Waals surface area contributed by atoms with Crippen molar-refractivity contribution < 1.29 is 21.7 Å². The van der Waals surface area contributed by atoms with E-state index >= 15 is 0 Å². The Morgan fingerprint density at radius 1 is 1.36 bits per heavy atom. The molecule has 2 heterocycles. The minimum Gasteiger partial charge on any atom is -0.474 e. The molecule has 1 N–H and O–H groups in total. The second-order valence-electron chi connectivity index (χ2n) is 6.03. The Bertz CT molecular complexity index is 869. The summed E-state index contributed by atoms with van der Waals surface area (Å²) < 4.78 is 45.7. The Hall–Kier alpha value is -2.19. The molecular weight excluding hydrogens is 347 g/mol. The number of anilines is 1. The SMILES string of the molecule is Cc1nc2c(cc1Cc1ccc(F)cc1)NC(COS(C)(=O)=O)CO2. The highest BCUT2D eigenvalue weighted by molar-refractivity contribution is 7.85. The number of nitrogens with zero attached hydrogens (tertiary/aromatic N) is 1. The van der Waals surface area contributed by atoms with Crippen LogP contribution in [-0.4, -0.2) is 38.9 Å². The van der Waals surface area contributed by atoms with Crippen molar-refractivity contribution in [1.82, 2.24) is 4.98 Å². The van der Waals surface area contributed by atoms with E-state index in [2.05, 4.69) is 10.3 Å². The quantitative estimate of drug-likeness (QED) is 0.818. The minimum atomic E-state index is -3.50. The molecule has 1 atom stereocenters. The number of pyridine rings is 1. The van der Waals surface area contributed by atoms with Crippen LogP contribution in [0.2, 0.25) is 0 Å². The van der Waals surface area contributed by atoms with Crippen LogP contribution in [0.4, 0.5) is 10.1 Å². The molecule has 1 aliphatic rings. The number of aromatic nitrogens is 1. The molecule has 0 amide bonds. The lowest BCUT2D eigenvalue weighted by Crippen LogP contribution is -2.36. The second kappa shape index (κ2) is 6.97. The van der Waals surface area contributed by atoms with Crippen LogP contribution in [0.25, 0.3) is 0 Å². The third-order valence-corrected chi connectivity index (χ3v) is 4.42. The van der Waals surface area contributed by atoms with E-state index in [9.17, 15) is 12.8 Å². The Labute approximate surface area is 146 Å². The smallest absolute Gasteiger partial charge is 0.264 e. The number of hydrogen-bond donors (Lipinski definition) is 1. The lowest BCUT2D eigenvalue weighted by molar-refractivity contribution is 0.219. The van der Waals surface area contributed by atoms with Gasteiger partial charge in [0.1, 0.15) is 12.4 Å². The zero-order chi connectivity index (χ0) is 18.0. The predicted molar refractivity (Wildman–Crippen MR) is 91.9 cm³/mol. The van der Waals surface area contributed by atoms with E-state index in [1.807, 2.05) is 13.0 Å². The predicted octanol–water partition coefficient (Wildman–Crippen LogP) is 2.27. The fraction of sp³-hybridized carbons (Fsp3) is 0.353. The zero-order valence-corrected chi connectivity index (χ0v) is 14.8. The summed E-state index contributed by atoms with van der Waals surface area (Å²) in [7, 11) is -3.50. The molecule has 0 fully saturated rings. The van der Waals surface area contributed by atoms with Crippen LogP contribution in [0, 0.1) is 12.7 Å². The monoisotopic (exact) mass is 366 g/mol. The summed E-state index contributed by atoms with van der Waals surface area (Å²) in [6, 6.07) is 7.97. The number of fused-ring (bicyclic) bond motifs is 1. The van der Waals surface area contributed by atoms with E-state index in [0.717, 1.165) is 23.1 Å². The molecule has 0 radical (unpaired) electrons. The molecule has 134 valence electrons. The van der Waals surface area contributed by atoms with Crippen molar-refractivity contribution in [2.75, 3.05) is 24.8 Å². The molecule has 1 aromatic carbocycles. The Balaban J connectivity index is 1.76. The first-order chi connectivity index (χ1) is 11.8. The van der Waals surface area contributed by atoms with Gasteiger partial charge in [-0.2, -0.15) is 8.42 Å². The maximum Gasteiger partial charge on any atom is 0.264 e. The van der Waals surface area contributed by atoms with E-state index in [1.54, 1.807) is 12.1 Å². The molecule has 1 aliphatic heterocycles. The van der Waals surface area contributed by atoms with Gasteiger partial charge in [0.05, 0.1) is 24.6 Å². The largest absolute Gasteiger partial charge is 0.474 e. The van der Waals surface area contributed by atoms with Crippen molar-refractivity contribution in [3.63, 3.8) is 0 Å². The molecule has 0 saturated heterocycles. The van der Waals surface area contributed by atoms with Crippen molar-refractivity contribution >= 4 is 15.8 Å². The first kappa shape index (κ1) is 17.6. The van der Waals surface area contributed by atoms with Crippen LogP contribution in [0.5, 0.6) is 5.88 Å². The van der Waals surface area contributed by atoms with Crippen molar-refractivity contribution in [3.05, 3.63) is 53.0 Å². The topological polar surface area (TPSA) is 77.5 Å². The summed E-state index contributed by atoms with van der Waals surface area (Å²) in [6.45, 7) is 2.15. The van der Waals surface area contributed by atoms with Gasteiger partial charge in [-0.25, -0.2) is 9.37 Å². The third-order valence-electron chi connectivity index (χ3n) is 3.85. The Morgan fingerprint density at radius 2 is 2.08 bits per heavy atom. The fourth-order valence-electron chi connectivity index (χ4n) is 2.58. The first-order valence-electron chi connectivity index (χ1n) is 7.79. The van der Waals surface area contributed by atoms with Gasteiger partial charge < -0.3 is 10.1 Å². The Morgan fingerprint density at radius 3 is 2.76 bits per heavy atom. The van der Waals surface area contributed by atoms with Gasteiger partial charge >= 0.3 is 0 Å². The van der Waals surface area contributed by atoms with E-state index in [-0.39, 0.29) is 25.1 Å². The summed E-state index contributed by atoms with van der Waals surface area (Å²) in [5.41, 5.74) is 3.47. The summed E-state index contributed by atoms with van der Waals surface area (Å²) in [4.78, 5) is 4.45. The highest BCUT2D eigenvalue weighted by atomic mass is 32.2. The second-order valence-corrected chi connectivity index (χ2v) is 7.67. The van der Waals surface area contributed by atoms with Crippen LogP contribution in [0.3, 0.4) is 0 Å². The molecule has 0 aliphatic carbocycles. The average Bonchev–Trinajstić information content (AvgIpc) is 2.55. The summed E-state index contributed by atoms with van der Waals surface area (Å²) in [5, 5.41) is 3.20. The zero-order valence-electron chi connectivity index (χ0n) is 14.0. The molecule has 25 heavy (non-hydrogen) atoms. The van der Waals surface area contributed by atoms with E-state index in [1.165, 1.54) is 12.1 Å². The van der Waals surface area contributed by atoms with Crippen LogP contribution in [0.1, 0.15) is 16.8 Å². The van der Waals surface area contributed by atoms with Crippen molar-refractivity contribution in [1.29, 1.82) is 0 Å². The van der Waals surface area contributed by atoms with Crippen molar-refractivity contribution in [2.45, 2.75) is 19.4 Å². The molecule has 1 aromatic heterocycles. The van der Waals surface area contributed by atoms with E-state index in [0.29, 0.717) is 18.0 Å². The lowest BCUT2D eigenvalue weighted by Gasteiger charge is -2.27. The van der Waals surface area contributed by atoms with Gasteiger partial charge in [0.15, 0.2) is 0 Å². The lowest BCUT2D eigenvalue weighted by atomic mass is 10.0. The van der Waals surface area contributed by atoms with Gasteiger partial charge in [-0.3, -0.25) is 4.18 Å². The highest BCUT2D eigenvalue weighted by Gasteiger charge is 2.23. The van der Waals surface area contributed by atoms with Crippen LogP contribution in [-0.2, 0) is 20.7 Å². The number of rotatable bonds is 5. The van der Waals surface area contributed by atoms with Gasteiger partial charge in [-0.1, -0.05) is 12.1 Å². The van der Waals surface area contributed by atoms with Gasteiger partial charge in [-0.05, 0) is 42.7 Å². The third kappa shape index (κ3) is 4.67. The van der Waals surface area contributed by atoms with Crippen LogP contribution < -0.4 is 10.1 Å². The standard InChI is InChI=1S/C17H19FN2O4S/c1-11-13(7-12-3-5-14(18)6-4-12)8-16-17(19-11)23-9-15(20-16)10-24-25(2,21)22/h3-6,8,15,20H,7,9-10H2,1-2H3. The van der Waals surface area contributed by atoms with Crippen molar-refractivity contribution in [3.8, 4) is 5.88 Å². The summed E-state index contributed by atoms with van der Waals surface area (Å²) in [6.07, 6.45) is 1.62. The Kier molecular flexibility index (Phi) is 4.91. The van der Waals surface area contributed by atoms with E-state index in [4.69, 9.17) is 8.92 Å². The van der Waals surface area contributed by atoms with Gasteiger partial charge in [0.2, 0.25) is 5.88 Å². The van der Waals surface area contributed by atoms with Crippen LogP contribution >= 0.6 is 0 Å². The summed E-state index contributed by atoms with van der Waals surface area (Å²) >= 11 is 0. The van der Waals surface area contributed by atoms with Crippen molar-refractivity contribution in [2.24, 2.45) is 0 Å². The molecule has 6 nitrogen and oxygen atoms in total. The molecule has 0 bridgehead atoms. The fourth-order valence-corrected chi connectivity index (χ4v) is 2.99. The normalized spacial score (nSPS) is 16.7. The minimum absolute atomic E-state index is 0.0144. The van der Waals surface area contributed by atoms with Gasteiger partial charge in [0, 0.05) is 5.69 Å². The average molecular weight is 366 g/mol. The number of ether oxygens (including phenoxy) is 1. The summed E-state index contributed by atoms with van der Waals surface area (Å²) in [5.74, 6) is 0.212. The maximum atomic E-state index is 13.0. The first-order valence-corrected chi connectivity index (χ1v) is 9.60.